The molecule has 0 unspecified atom stereocenters. The van der Waals surface area contributed by atoms with E-state index >= 15 is 0 Å². The van der Waals surface area contributed by atoms with E-state index in [2.05, 4.69) is 38.2 Å². The summed E-state index contributed by atoms with van der Waals surface area (Å²) in [7, 11) is 0. The third-order valence-corrected chi connectivity index (χ3v) is 5.62. The summed E-state index contributed by atoms with van der Waals surface area (Å²) in [5.74, 6) is 0.0810. The standard InChI is InChI=1S/C22H26N2O2/c1-14-11-16(3)19(12-15(14)2)21-23-20-9-5-4-8-18(20)22(25)24(21)13-17-7-6-10-26-17/h4-5,8-9,11-12,17,21,23H,6-7,10,13H2,1-3H3/t17-,21+/m0/s1. The summed E-state index contributed by atoms with van der Waals surface area (Å²) < 4.78 is 5.83. The predicted octanol–water partition coefficient (Wildman–Crippen LogP) is 4.36. The maximum atomic E-state index is 13.3. The van der Waals surface area contributed by atoms with Gasteiger partial charge >= 0.3 is 0 Å². The van der Waals surface area contributed by atoms with Gasteiger partial charge in [0.15, 0.2) is 0 Å². The molecule has 0 saturated carbocycles. The first-order valence-corrected chi connectivity index (χ1v) is 9.40. The highest BCUT2D eigenvalue weighted by atomic mass is 16.5. The minimum Gasteiger partial charge on any atom is -0.376 e. The number of hydrogen-bond acceptors (Lipinski definition) is 3. The van der Waals surface area contributed by atoms with E-state index in [-0.39, 0.29) is 18.2 Å². The van der Waals surface area contributed by atoms with E-state index < -0.39 is 0 Å². The van der Waals surface area contributed by atoms with Gasteiger partial charge in [-0.15, -0.1) is 0 Å². The number of carbonyl (C=O) groups is 1. The van der Waals surface area contributed by atoms with Crippen LogP contribution >= 0.6 is 0 Å². The van der Waals surface area contributed by atoms with Crippen LogP contribution in [0.1, 0.15) is 51.6 Å². The van der Waals surface area contributed by atoms with Crippen molar-refractivity contribution in [1.29, 1.82) is 0 Å². The Balaban J connectivity index is 1.76. The van der Waals surface area contributed by atoms with E-state index in [4.69, 9.17) is 4.74 Å². The van der Waals surface area contributed by atoms with Gasteiger partial charge in [0.1, 0.15) is 6.17 Å². The first kappa shape index (κ1) is 17.1. The molecule has 1 fully saturated rings. The SMILES string of the molecule is Cc1cc(C)c([C@@H]2Nc3ccccc3C(=O)N2C[C@@H]2CCCO2)cc1C. The Labute approximate surface area is 155 Å². The first-order valence-electron chi connectivity index (χ1n) is 9.40. The number of hydrogen-bond donors (Lipinski definition) is 1. The van der Waals surface area contributed by atoms with Crippen molar-refractivity contribution in [3.63, 3.8) is 0 Å². The number of carbonyl (C=O) groups excluding carboxylic acids is 1. The van der Waals surface area contributed by atoms with Gasteiger partial charge in [0.25, 0.3) is 5.91 Å². The van der Waals surface area contributed by atoms with Crippen molar-refractivity contribution >= 4 is 11.6 Å². The second-order valence-corrected chi connectivity index (χ2v) is 7.48. The molecule has 2 aliphatic heterocycles. The molecule has 1 amide bonds. The third kappa shape index (κ3) is 2.99. The van der Waals surface area contributed by atoms with Gasteiger partial charge < -0.3 is 15.0 Å². The number of benzene rings is 2. The van der Waals surface area contributed by atoms with Crippen molar-refractivity contribution in [3.05, 3.63) is 64.2 Å². The van der Waals surface area contributed by atoms with Gasteiger partial charge in [-0.2, -0.15) is 0 Å². The van der Waals surface area contributed by atoms with Gasteiger partial charge in [-0.1, -0.05) is 24.3 Å². The number of rotatable bonds is 3. The van der Waals surface area contributed by atoms with Crippen LogP contribution in [-0.2, 0) is 4.74 Å². The summed E-state index contributed by atoms with van der Waals surface area (Å²) in [6, 6.07) is 12.2. The fourth-order valence-electron chi connectivity index (χ4n) is 4.01. The number of amides is 1. The molecule has 0 aromatic heterocycles. The average Bonchev–Trinajstić information content (AvgIpc) is 3.14. The fourth-order valence-corrected chi connectivity index (χ4v) is 4.01. The van der Waals surface area contributed by atoms with E-state index in [1.165, 1.54) is 16.7 Å². The Hall–Kier alpha value is -2.33. The fraction of sp³-hybridized carbons (Fsp3) is 0.409. The van der Waals surface area contributed by atoms with Gasteiger partial charge in [0, 0.05) is 18.8 Å². The summed E-state index contributed by atoms with van der Waals surface area (Å²) in [4.78, 5) is 15.2. The summed E-state index contributed by atoms with van der Waals surface area (Å²) in [6.45, 7) is 7.80. The van der Waals surface area contributed by atoms with E-state index in [0.717, 1.165) is 36.3 Å². The van der Waals surface area contributed by atoms with Crippen LogP contribution in [0.4, 0.5) is 5.69 Å². The van der Waals surface area contributed by atoms with Crippen LogP contribution in [0, 0.1) is 20.8 Å². The number of nitrogens with zero attached hydrogens (tertiary/aromatic N) is 1. The molecule has 26 heavy (non-hydrogen) atoms. The molecular weight excluding hydrogens is 324 g/mol. The summed E-state index contributed by atoms with van der Waals surface area (Å²) >= 11 is 0. The zero-order valence-electron chi connectivity index (χ0n) is 15.7. The third-order valence-electron chi connectivity index (χ3n) is 5.62. The van der Waals surface area contributed by atoms with E-state index in [0.29, 0.717) is 6.54 Å². The van der Waals surface area contributed by atoms with Crippen molar-refractivity contribution in [3.8, 4) is 0 Å². The highest BCUT2D eigenvalue weighted by Crippen LogP contribution is 2.36. The minimum absolute atomic E-state index is 0.0810. The Morgan fingerprint density at radius 2 is 1.88 bits per heavy atom. The van der Waals surface area contributed by atoms with Crippen LogP contribution in [-0.4, -0.2) is 30.1 Å². The quantitative estimate of drug-likeness (QED) is 0.894. The minimum atomic E-state index is -0.166. The molecular formula is C22H26N2O2. The molecule has 2 atom stereocenters. The van der Waals surface area contributed by atoms with E-state index in [9.17, 15) is 4.79 Å². The lowest BCUT2D eigenvalue weighted by atomic mass is 9.95. The number of anilines is 1. The Morgan fingerprint density at radius 3 is 2.65 bits per heavy atom. The largest absolute Gasteiger partial charge is 0.376 e. The lowest BCUT2D eigenvalue weighted by Gasteiger charge is -2.40. The van der Waals surface area contributed by atoms with Crippen LogP contribution < -0.4 is 5.32 Å². The Morgan fingerprint density at radius 1 is 1.12 bits per heavy atom. The second-order valence-electron chi connectivity index (χ2n) is 7.48. The van der Waals surface area contributed by atoms with Crippen molar-refractivity contribution < 1.29 is 9.53 Å². The molecule has 4 nitrogen and oxygen atoms in total. The van der Waals surface area contributed by atoms with Crippen LogP contribution in [0.5, 0.6) is 0 Å². The van der Waals surface area contributed by atoms with Gasteiger partial charge in [-0.3, -0.25) is 4.79 Å². The highest BCUT2D eigenvalue weighted by molar-refractivity contribution is 6.01. The molecule has 0 aliphatic carbocycles. The summed E-state index contributed by atoms with van der Waals surface area (Å²) in [6.07, 6.45) is 2.05. The lowest BCUT2D eigenvalue weighted by Crippen LogP contribution is -2.46. The van der Waals surface area contributed by atoms with E-state index in [1.807, 2.05) is 29.2 Å². The zero-order chi connectivity index (χ0) is 18.3. The molecule has 4 heteroatoms. The molecule has 2 aliphatic rings. The number of fused-ring (bicyclic) bond motifs is 1. The monoisotopic (exact) mass is 350 g/mol. The van der Waals surface area contributed by atoms with Crippen LogP contribution in [0.3, 0.4) is 0 Å². The van der Waals surface area contributed by atoms with Gasteiger partial charge in [0.2, 0.25) is 0 Å². The van der Waals surface area contributed by atoms with Crippen molar-refractivity contribution in [2.24, 2.45) is 0 Å². The molecule has 1 N–H and O–H groups in total. The molecule has 0 radical (unpaired) electrons. The van der Waals surface area contributed by atoms with Crippen LogP contribution in [0.25, 0.3) is 0 Å². The highest BCUT2D eigenvalue weighted by Gasteiger charge is 2.35. The van der Waals surface area contributed by atoms with Gasteiger partial charge in [-0.25, -0.2) is 0 Å². The second kappa shape index (κ2) is 6.76. The lowest BCUT2D eigenvalue weighted by molar-refractivity contribution is 0.0426. The normalized spacial score (nSPS) is 22.3. The number of aryl methyl sites for hydroxylation is 3. The molecule has 2 heterocycles. The smallest absolute Gasteiger partial charge is 0.257 e. The summed E-state index contributed by atoms with van der Waals surface area (Å²) in [5, 5.41) is 3.60. The van der Waals surface area contributed by atoms with Crippen molar-refractivity contribution in [2.75, 3.05) is 18.5 Å². The molecule has 136 valence electrons. The summed E-state index contributed by atoms with van der Waals surface area (Å²) in [5.41, 5.74) is 6.53. The predicted molar refractivity (Wildman–Crippen MR) is 103 cm³/mol. The maximum absolute atomic E-state index is 13.3. The molecule has 2 aromatic carbocycles. The molecule has 2 aromatic rings. The maximum Gasteiger partial charge on any atom is 0.257 e. The Kier molecular flexibility index (Phi) is 4.45. The van der Waals surface area contributed by atoms with Crippen molar-refractivity contribution in [2.45, 2.75) is 45.9 Å². The number of para-hydroxylation sites is 1. The molecule has 4 rings (SSSR count). The first-order chi connectivity index (χ1) is 12.5. The Bertz CT molecular complexity index is 840. The van der Waals surface area contributed by atoms with Crippen LogP contribution in [0.15, 0.2) is 36.4 Å². The van der Waals surface area contributed by atoms with Gasteiger partial charge in [-0.05, 0) is 68.0 Å². The molecule has 0 spiro atoms. The number of nitrogens with one attached hydrogen (secondary N) is 1. The average molecular weight is 350 g/mol. The number of ether oxygens (including phenoxy) is 1. The molecule has 1 saturated heterocycles. The van der Waals surface area contributed by atoms with Crippen LogP contribution in [0.2, 0.25) is 0 Å². The topological polar surface area (TPSA) is 41.6 Å². The van der Waals surface area contributed by atoms with E-state index in [1.54, 1.807) is 0 Å². The van der Waals surface area contributed by atoms with Gasteiger partial charge in [0.05, 0.1) is 11.7 Å². The zero-order valence-corrected chi connectivity index (χ0v) is 15.7. The molecule has 0 bridgehead atoms. The van der Waals surface area contributed by atoms with Crippen molar-refractivity contribution in [1.82, 2.24) is 4.90 Å².